The first kappa shape index (κ1) is 9.40. The summed E-state index contributed by atoms with van der Waals surface area (Å²) in [5, 5.41) is 3.54. The van der Waals surface area contributed by atoms with Crippen molar-refractivity contribution in [3.63, 3.8) is 0 Å². The van der Waals surface area contributed by atoms with Crippen molar-refractivity contribution in [3.8, 4) is 0 Å². The summed E-state index contributed by atoms with van der Waals surface area (Å²) in [5.41, 5.74) is 0. The van der Waals surface area contributed by atoms with Crippen molar-refractivity contribution in [1.29, 1.82) is 0 Å². The highest BCUT2D eigenvalue weighted by molar-refractivity contribution is 4.98. The molecule has 0 bridgehead atoms. The van der Waals surface area contributed by atoms with Crippen LogP contribution in [0.1, 0.15) is 31.5 Å². The summed E-state index contributed by atoms with van der Waals surface area (Å²) in [4.78, 5) is 4.48. The van der Waals surface area contributed by atoms with Crippen molar-refractivity contribution >= 4 is 0 Å². The van der Waals surface area contributed by atoms with Crippen molar-refractivity contribution in [1.82, 2.24) is 14.9 Å². The van der Waals surface area contributed by atoms with Crippen LogP contribution in [0.25, 0.3) is 0 Å². The third-order valence-corrected chi connectivity index (χ3v) is 3.54. The molecule has 1 unspecified atom stereocenters. The molecule has 1 saturated carbocycles. The van der Waals surface area contributed by atoms with Gasteiger partial charge in [-0.1, -0.05) is 0 Å². The molecule has 1 aliphatic heterocycles. The molecule has 0 spiro atoms. The second-order valence-corrected chi connectivity index (χ2v) is 4.94. The van der Waals surface area contributed by atoms with E-state index in [0.717, 1.165) is 12.3 Å². The molecule has 1 aliphatic carbocycles. The average Bonchev–Trinajstić information content (AvgIpc) is 2.75. The number of aromatic nitrogens is 2. The van der Waals surface area contributed by atoms with Gasteiger partial charge in [-0.3, -0.25) is 0 Å². The Morgan fingerprint density at radius 1 is 1.40 bits per heavy atom. The molecule has 1 atom stereocenters. The van der Waals surface area contributed by atoms with E-state index in [2.05, 4.69) is 21.1 Å². The molecule has 3 heteroatoms. The monoisotopic (exact) mass is 205 g/mol. The maximum atomic E-state index is 4.48. The lowest BCUT2D eigenvalue weighted by molar-refractivity contribution is 0.537. The van der Waals surface area contributed by atoms with Gasteiger partial charge in [0.25, 0.3) is 0 Å². The summed E-state index contributed by atoms with van der Waals surface area (Å²) < 4.78 is 2.36. The Morgan fingerprint density at radius 2 is 2.33 bits per heavy atom. The zero-order valence-corrected chi connectivity index (χ0v) is 9.15. The normalized spacial score (nSPS) is 26.0. The van der Waals surface area contributed by atoms with E-state index in [1.165, 1.54) is 44.6 Å². The van der Waals surface area contributed by atoms with Gasteiger partial charge in [-0.25, -0.2) is 4.98 Å². The van der Waals surface area contributed by atoms with Gasteiger partial charge in [0.1, 0.15) is 5.82 Å². The SMILES string of the molecule is c1cn(CC2CC2)c(CC2CCCN2)n1. The number of rotatable bonds is 4. The highest BCUT2D eigenvalue weighted by atomic mass is 15.1. The van der Waals surface area contributed by atoms with Gasteiger partial charge in [-0.2, -0.15) is 0 Å². The molecule has 0 amide bonds. The van der Waals surface area contributed by atoms with Gasteiger partial charge >= 0.3 is 0 Å². The highest BCUT2D eigenvalue weighted by Crippen LogP contribution is 2.31. The van der Waals surface area contributed by atoms with E-state index in [-0.39, 0.29) is 0 Å². The van der Waals surface area contributed by atoms with Crippen LogP contribution in [-0.4, -0.2) is 22.1 Å². The molecular formula is C12H19N3. The van der Waals surface area contributed by atoms with Crippen LogP contribution in [0.4, 0.5) is 0 Å². The molecule has 2 aliphatic rings. The molecule has 1 N–H and O–H groups in total. The Bertz CT molecular complexity index is 321. The van der Waals surface area contributed by atoms with Crippen LogP contribution < -0.4 is 5.32 Å². The number of hydrogen-bond donors (Lipinski definition) is 1. The van der Waals surface area contributed by atoms with Crippen molar-refractivity contribution in [3.05, 3.63) is 18.2 Å². The molecule has 2 fully saturated rings. The summed E-state index contributed by atoms with van der Waals surface area (Å²) in [7, 11) is 0. The van der Waals surface area contributed by atoms with Crippen LogP contribution in [0.5, 0.6) is 0 Å². The Morgan fingerprint density at radius 3 is 3.07 bits per heavy atom. The number of imidazole rings is 1. The molecule has 0 radical (unpaired) electrons. The van der Waals surface area contributed by atoms with E-state index in [9.17, 15) is 0 Å². The molecule has 82 valence electrons. The minimum Gasteiger partial charge on any atom is -0.335 e. The van der Waals surface area contributed by atoms with Crippen LogP contribution in [0.15, 0.2) is 12.4 Å². The van der Waals surface area contributed by atoms with Gasteiger partial charge in [0.2, 0.25) is 0 Å². The second kappa shape index (κ2) is 3.97. The highest BCUT2D eigenvalue weighted by Gasteiger charge is 2.23. The molecule has 0 aromatic carbocycles. The maximum absolute atomic E-state index is 4.48. The van der Waals surface area contributed by atoms with E-state index in [4.69, 9.17) is 0 Å². The molecule has 1 saturated heterocycles. The predicted molar refractivity (Wildman–Crippen MR) is 59.7 cm³/mol. The van der Waals surface area contributed by atoms with E-state index < -0.39 is 0 Å². The maximum Gasteiger partial charge on any atom is 0.110 e. The lowest BCUT2D eigenvalue weighted by atomic mass is 10.1. The standard InChI is InChI=1S/C12H19N3/c1-2-11(13-5-1)8-12-14-6-7-15(12)9-10-3-4-10/h6-7,10-11,13H,1-5,8-9H2. The summed E-state index contributed by atoms with van der Waals surface area (Å²) in [5.74, 6) is 2.22. The smallest absolute Gasteiger partial charge is 0.110 e. The fourth-order valence-corrected chi connectivity index (χ4v) is 2.43. The Hall–Kier alpha value is -0.830. The zero-order chi connectivity index (χ0) is 10.1. The Balaban J connectivity index is 1.64. The van der Waals surface area contributed by atoms with Gasteiger partial charge in [0.05, 0.1) is 0 Å². The van der Waals surface area contributed by atoms with Gasteiger partial charge in [-0.15, -0.1) is 0 Å². The van der Waals surface area contributed by atoms with Crippen molar-refractivity contribution in [2.75, 3.05) is 6.54 Å². The molecule has 3 nitrogen and oxygen atoms in total. The minimum absolute atomic E-state index is 0.672. The molecule has 1 aromatic rings. The Kier molecular flexibility index (Phi) is 2.49. The van der Waals surface area contributed by atoms with Gasteiger partial charge in [-0.05, 0) is 38.1 Å². The number of nitrogens with zero attached hydrogens (tertiary/aromatic N) is 2. The van der Waals surface area contributed by atoms with Crippen LogP contribution in [-0.2, 0) is 13.0 Å². The molecule has 3 rings (SSSR count). The third kappa shape index (κ3) is 2.23. The zero-order valence-electron chi connectivity index (χ0n) is 9.15. The quantitative estimate of drug-likeness (QED) is 0.809. The van der Waals surface area contributed by atoms with Crippen molar-refractivity contribution in [2.24, 2.45) is 5.92 Å². The fourth-order valence-electron chi connectivity index (χ4n) is 2.43. The molecule has 2 heterocycles. The summed E-state index contributed by atoms with van der Waals surface area (Å²) in [6.07, 6.45) is 10.7. The van der Waals surface area contributed by atoms with Crippen molar-refractivity contribution in [2.45, 2.75) is 44.7 Å². The average molecular weight is 205 g/mol. The van der Waals surface area contributed by atoms with Crippen LogP contribution in [0.2, 0.25) is 0 Å². The van der Waals surface area contributed by atoms with Gasteiger partial charge in [0.15, 0.2) is 0 Å². The van der Waals surface area contributed by atoms with Gasteiger partial charge in [0, 0.05) is 31.4 Å². The van der Waals surface area contributed by atoms with Crippen LogP contribution in [0.3, 0.4) is 0 Å². The predicted octanol–water partition coefficient (Wildman–Crippen LogP) is 1.59. The third-order valence-electron chi connectivity index (χ3n) is 3.54. The van der Waals surface area contributed by atoms with Crippen LogP contribution in [0, 0.1) is 5.92 Å². The first-order chi connectivity index (χ1) is 7.42. The van der Waals surface area contributed by atoms with Crippen LogP contribution >= 0.6 is 0 Å². The van der Waals surface area contributed by atoms with E-state index in [0.29, 0.717) is 6.04 Å². The fraction of sp³-hybridized carbons (Fsp3) is 0.750. The van der Waals surface area contributed by atoms with Crippen molar-refractivity contribution < 1.29 is 0 Å². The van der Waals surface area contributed by atoms with E-state index in [1.807, 2.05) is 6.20 Å². The second-order valence-electron chi connectivity index (χ2n) is 4.94. The summed E-state index contributed by atoms with van der Waals surface area (Å²) in [6.45, 7) is 2.38. The van der Waals surface area contributed by atoms with E-state index >= 15 is 0 Å². The van der Waals surface area contributed by atoms with E-state index in [1.54, 1.807) is 0 Å². The lowest BCUT2D eigenvalue weighted by Gasteiger charge is -2.11. The van der Waals surface area contributed by atoms with Gasteiger partial charge < -0.3 is 9.88 Å². The first-order valence-electron chi connectivity index (χ1n) is 6.15. The molecule has 1 aromatic heterocycles. The Labute approximate surface area is 90.9 Å². The lowest BCUT2D eigenvalue weighted by Crippen LogP contribution is -2.25. The summed E-state index contributed by atoms with van der Waals surface area (Å²) >= 11 is 0. The number of nitrogens with one attached hydrogen (secondary N) is 1. The summed E-state index contributed by atoms with van der Waals surface area (Å²) in [6, 6.07) is 0.672. The largest absolute Gasteiger partial charge is 0.335 e. The first-order valence-corrected chi connectivity index (χ1v) is 6.15. The minimum atomic E-state index is 0.672. The molecule has 15 heavy (non-hydrogen) atoms. The number of hydrogen-bond acceptors (Lipinski definition) is 2. The molecular weight excluding hydrogens is 186 g/mol. The topological polar surface area (TPSA) is 29.9 Å².